The maximum absolute atomic E-state index is 12.9. The summed E-state index contributed by atoms with van der Waals surface area (Å²) in [5, 5.41) is 2.52. The summed E-state index contributed by atoms with van der Waals surface area (Å²) < 4.78 is 29.4. The smallest absolute Gasteiger partial charge is 0.251 e. The van der Waals surface area contributed by atoms with Crippen LogP contribution in [0.2, 0.25) is 0 Å². The molecule has 6 nitrogen and oxygen atoms in total. The van der Waals surface area contributed by atoms with Crippen LogP contribution in [-0.2, 0) is 16.6 Å². The standard InChI is InChI=1S/C16H19N3O3S/c1-12-15-4-3-9-18(15)10-11-19(12)23(21,22)14-7-5-13(6-8-14)16(20)17-2/h3-9,12H,10-11H2,1-2H3,(H,17,20)/t12-/m0/s1. The summed E-state index contributed by atoms with van der Waals surface area (Å²) >= 11 is 0. The van der Waals surface area contributed by atoms with Gasteiger partial charge < -0.3 is 9.88 Å². The summed E-state index contributed by atoms with van der Waals surface area (Å²) in [5.74, 6) is -0.238. The molecule has 23 heavy (non-hydrogen) atoms. The number of nitrogens with one attached hydrogen (secondary N) is 1. The van der Waals surface area contributed by atoms with Crippen molar-refractivity contribution in [3.63, 3.8) is 0 Å². The molecule has 0 fully saturated rings. The van der Waals surface area contributed by atoms with Gasteiger partial charge in [-0.3, -0.25) is 4.79 Å². The number of hydrogen-bond acceptors (Lipinski definition) is 3. The Labute approximate surface area is 135 Å². The fraction of sp³-hybridized carbons (Fsp3) is 0.312. The molecule has 0 radical (unpaired) electrons. The first-order chi connectivity index (χ1) is 10.9. The van der Waals surface area contributed by atoms with Crippen LogP contribution in [0.5, 0.6) is 0 Å². The highest BCUT2D eigenvalue weighted by Crippen LogP contribution is 2.30. The lowest BCUT2D eigenvalue weighted by molar-refractivity contribution is 0.0963. The SMILES string of the molecule is CNC(=O)c1ccc(S(=O)(=O)N2CCn3cccc3[C@@H]2C)cc1. The topological polar surface area (TPSA) is 71.4 Å². The van der Waals surface area contributed by atoms with E-state index in [4.69, 9.17) is 0 Å². The summed E-state index contributed by atoms with van der Waals surface area (Å²) in [5.41, 5.74) is 1.42. The van der Waals surface area contributed by atoms with Gasteiger partial charge in [0.15, 0.2) is 0 Å². The number of hydrogen-bond donors (Lipinski definition) is 1. The van der Waals surface area contributed by atoms with E-state index in [1.807, 2.05) is 25.3 Å². The highest BCUT2D eigenvalue weighted by molar-refractivity contribution is 7.89. The Balaban J connectivity index is 1.92. The Kier molecular flexibility index (Phi) is 3.99. The van der Waals surface area contributed by atoms with Gasteiger partial charge in [-0.05, 0) is 43.3 Å². The van der Waals surface area contributed by atoms with Gasteiger partial charge in [-0.15, -0.1) is 0 Å². The molecule has 0 bridgehead atoms. The predicted octanol–water partition coefficient (Wildman–Crippen LogP) is 1.61. The summed E-state index contributed by atoms with van der Waals surface area (Å²) in [6.07, 6.45) is 1.97. The van der Waals surface area contributed by atoms with Crippen molar-refractivity contribution in [3.05, 3.63) is 53.9 Å². The normalized spacial score (nSPS) is 18.4. The van der Waals surface area contributed by atoms with Crippen molar-refractivity contribution < 1.29 is 13.2 Å². The fourth-order valence-corrected chi connectivity index (χ4v) is 4.54. The van der Waals surface area contributed by atoms with Crippen LogP contribution in [0.1, 0.15) is 29.0 Å². The summed E-state index contributed by atoms with van der Waals surface area (Å²) in [6.45, 7) is 2.96. The molecule has 3 rings (SSSR count). The van der Waals surface area contributed by atoms with Gasteiger partial charge in [-0.2, -0.15) is 4.31 Å². The zero-order valence-electron chi connectivity index (χ0n) is 13.1. The molecule has 1 aromatic heterocycles. The van der Waals surface area contributed by atoms with Crippen LogP contribution in [0.25, 0.3) is 0 Å². The molecule has 0 spiro atoms. The van der Waals surface area contributed by atoms with Crippen molar-refractivity contribution in [3.8, 4) is 0 Å². The number of aromatic nitrogens is 1. The molecule has 0 saturated heterocycles. The van der Waals surface area contributed by atoms with Crippen LogP contribution >= 0.6 is 0 Å². The maximum Gasteiger partial charge on any atom is 0.251 e. The highest BCUT2D eigenvalue weighted by Gasteiger charge is 2.33. The monoisotopic (exact) mass is 333 g/mol. The van der Waals surface area contributed by atoms with E-state index in [2.05, 4.69) is 9.88 Å². The van der Waals surface area contributed by atoms with Crippen LogP contribution in [0, 0.1) is 0 Å². The lowest BCUT2D eigenvalue weighted by Gasteiger charge is -2.33. The minimum absolute atomic E-state index is 0.206. The van der Waals surface area contributed by atoms with E-state index in [1.165, 1.54) is 35.6 Å². The minimum atomic E-state index is -3.59. The molecule has 0 saturated carbocycles. The van der Waals surface area contributed by atoms with Crippen LogP contribution in [-0.4, -0.2) is 36.8 Å². The zero-order valence-corrected chi connectivity index (χ0v) is 13.9. The molecule has 2 aromatic rings. The minimum Gasteiger partial charge on any atom is -0.355 e. The predicted molar refractivity (Wildman–Crippen MR) is 86.6 cm³/mol. The molecule has 0 unspecified atom stereocenters. The van der Waals surface area contributed by atoms with E-state index in [9.17, 15) is 13.2 Å². The summed E-state index contributed by atoms with van der Waals surface area (Å²) in [6, 6.07) is 9.69. The second-order valence-electron chi connectivity index (χ2n) is 5.52. The Hall–Kier alpha value is -2.12. The first-order valence-electron chi connectivity index (χ1n) is 7.44. The number of amides is 1. The van der Waals surface area contributed by atoms with Gasteiger partial charge in [0, 0.05) is 37.6 Å². The maximum atomic E-state index is 12.9. The van der Waals surface area contributed by atoms with Crippen molar-refractivity contribution in [2.45, 2.75) is 24.4 Å². The Morgan fingerprint density at radius 3 is 2.52 bits per heavy atom. The molecule has 2 heterocycles. The van der Waals surface area contributed by atoms with Crippen molar-refractivity contribution >= 4 is 15.9 Å². The molecule has 1 aliphatic heterocycles. The van der Waals surface area contributed by atoms with E-state index >= 15 is 0 Å². The average Bonchev–Trinajstić information content (AvgIpc) is 3.04. The van der Waals surface area contributed by atoms with Crippen molar-refractivity contribution in [1.82, 2.24) is 14.2 Å². The first-order valence-corrected chi connectivity index (χ1v) is 8.88. The Bertz CT molecular complexity index is 825. The average molecular weight is 333 g/mol. The molecule has 7 heteroatoms. The van der Waals surface area contributed by atoms with Gasteiger partial charge in [0.1, 0.15) is 0 Å². The van der Waals surface area contributed by atoms with Gasteiger partial charge in [-0.25, -0.2) is 8.42 Å². The molecule has 0 aliphatic carbocycles. The molecular formula is C16H19N3O3S. The lowest BCUT2D eigenvalue weighted by Crippen LogP contribution is -2.40. The van der Waals surface area contributed by atoms with Crippen molar-refractivity contribution in [2.75, 3.05) is 13.6 Å². The molecular weight excluding hydrogens is 314 g/mol. The molecule has 1 N–H and O–H groups in total. The lowest BCUT2D eigenvalue weighted by atomic mass is 10.2. The zero-order chi connectivity index (χ0) is 16.6. The van der Waals surface area contributed by atoms with Crippen LogP contribution in [0.3, 0.4) is 0 Å². The summed E-state index contributed by atoms with van der Waals surface area (Å²) in [4.78, 5) is 11.8. The van der Waals surface area contributed by atoms with Crippen LogP contribution in [0.4, 0.5) is 0 Å². The third-order valence-corrected chi connectivity index (χ3v) is 6.22. The van der Waals surface area contributed by atoms with E-state index < -0.39 is 10.0 Å². The van der Waals surface area contributed by atoms with Gasteiger partial charge in [-0.1, -0.05) is 0 Å². The second-order valence-corrected chi connectivity index (χ2v) is 7.41. The number of sulfonamides is 1. The van der Waals surface area contributed by atoms with E-state index in [0.717, 1.165) is 5.69 Å². The molecule has 1 atom stereocenters. The van der Waals surface area contributed by atoms with Gasteiger partial charge in [0.2, 0.25) is 10.0 Å². The fourth-order valence-electron chi connectivity index (χ4n) is 2.94. The largest absolute Gasteiger partial charge is 0.355 e. The van der Waals surface area contributed by atoms with Crippen LogP contribution < -0.4 is 5.32 Å². The Morgan fingerprint density at radius 2 is 1.87 bits per heavy atom. The van der Waals surface area contributed by atoms with E-state index in [0.29, 0.717) is 18.7 Å². The van der Waals surface area contributed by atoms with Gasteiger partial charge in [0.25, 0.3) is 5.91 Å². The van der Waals surface area contributed by atoms with E-state index in [-0.39, 0.29) is 16.8 Å². The van der Waals surface area contributed by atoms with Crippen molar-refractivity contribution in [1.29, 1.82) is 0 Å². The second kappa shape index (κ2) is 5.82. The molecule has 1 aliphatic rings. The third-order valence-electron chi connectivity index (χ3n) is 4.24. The third kappa shape index (κ3) is 2.66. The quantitative estimate of drug-likeness (QED) is 0.928. The van der Waals surface area contributed by atoms with Gasteiger partial charge >= 0.3 is 0 Å². The number of benzene rings is 1. The molecule has 1 amide bonds. The first kappa shape index (κ1) is 15.8. The number of carbonyl (C=O) groups excluding carboxylic acids is 1. The number of rotatable bonds is 3. The highest BCUT2D eigenvalue weighted by atomic mass is 32.2. The Morgan fingerprint density at radius 1 is 1.17 bits per heavy atom. The van der Waals surface area contributed by atoms with Crippen LogP contribution in [0.15, 0.2) is 47.5 Å². The summed E-state index contributed by atoms with van der Waals surface area (Å²) in [7, 11) is -2.05. The molecule has 122 valence electrons. The number of fused-ring (bicyclic) bond motifs is 1. The number of carbonyl (C=O) groups is 1. The van der Waals surface area contributed by atoms with Gasteiger partial charge in [0.05, 0.1) is 10.9 Å². The number of nitrogens with zero attached hydrogens (tertiary/aromatic N) is 2. The van der Waals surface area contributed by atoms with Crippen molar-refractivity contribution in [2.24, 2.45) is 0 Å². The molecule has 1 aromatic carbocycles. The van der Waals surface area contributed by atoms with E-state index in [1.54, 1.807) is 0 Å².